The summed E-state index contributed by atoms with van der Waals surface area (Å²) in [6, 6.07) is 1.48. The predicted molar refractivity (Wildman–Crippen MR) is 75.3 cm³/mol. The molecule has 1 N–H and O–H groups in total. The number of nitrogens with zero attached hydrogens (tertiary/aromatic N) is 2. The van der Waals surface area contributed by atoms with Crippen LogP contribution < -0.4 is 5.32 Å². The fourth-order valence-corrected chi connectivity index (χ4v) is 3.52. The van der Waals surface area contributed by atoms with E-state index in [0.29, 0.717) is 19.0 Å². The van der Waals surface area contributed by atoms with Crippen molar-refractivity contribution in [2.75, 3.05) is 19.3 Å². The van der Waals surface area contributed by atoms with Crippen LogP contribution in [0.25, 0.3) is 0 Å². The van der Waals surface area contributed by atoms with Gasteiger partial charge in [-0.15, -0.1) is 0 Å². The van der Waals surface area contributed by atoms with Gasteiger partial charge in [-0.05, 0) is 18.8 Å². The second kappa shape index (κ2) is 5.10. The van der Waals surface area contributed by atoms with E-state index < -0.39 is 10.0 Å². The van der Waals surface area contributed by atoms with Crippen molar-refractivity contribution in [2.24, 2.45) is 5.92 Å². The molecule has 0 unspecified atom stereocenters. The van der Waals surface area contributed by atoms with E-state index in [1.54, 1.807) is 6.07 Å². The maximum atomic E-state index is 12.2. The van der Waals surface area contributed by atoms with Gasteiger partial charge in [0.15, 0.2) is 5.69 Å². The van der Waals surface area contributed by atoms with Crippen molar-refractivity contribution in [2.45, 2.75) is 31.7 Å². The molecule has 3 rings (SSSR count). The minimum Gasteiger partial charge on any atom is -0.360 e. The molecule has 8 heteroatoms. The van der Waals surface area contributed by atoms with Crippen molar-refractivity contribution in [1.29, 1.82) is 0 Å². The van der Waals surface area contributed by atoms with Gasteiger partial charge in [0.1, 0.15) is 5.76 Å². The number of hydrogen-bond acceptors (Lipinski definition) is 5. The zero-order valence-electron chi connectivity index (χ0n) is 12.1. The van der Waals surface area contributed by atoms with E-state index in [9.17, 15) is 13.2 Å². The number of sulfonamides is 1. The second-order valence-corrected chi connectivity index (χ2v) is 8.01. The van der Waals surface area contributed by atoms with E-state index in [-0.39, 0.29) is 23.6 Å². The van der Waals surface area contributed by atoms with Crippen LogP contribution in [0.4, 0.5) is 0 Å². The number of carbonyl (C=O) groups excluding carboxylic acids is 1. The zero-order valence-corrected chi connectivity index (χ0v) is 12.9. The highest BCUT2D eigenvalue weighted by atomic mass is 32.2. The summed E-state index contributed by atoms with van der Waals surface area (Å²) in [4.78, 5) is 12.2. The Morgan fingerprint density at radius 3 is 2.71 bits per heavy atom. The van der Waals surface area contributed by atoms with Gasteiger partial charge in [0.05, 0.1) is 6.26 Å². The van der Waals surface area contributed by atoms with Crippen molar-refractivity contribution in [1.82, 2.24) is 14.8 Å². The number of nitrogens with one attached hydrogen (secondary N) is 1. The summed E-state index contributed by atoms with van der Waals surface area (Å²) in [7, 11) is -3.22. The summed E-state index contributed by atoms with van der Waals surface area (Å²) in [5.74, 6) is 0.930. The lowest BCUT2D eigenvalue weighted by Gasteiger charge is -2.15. The van der Waals surface area contributed by atoms with E-state index in [2.05, 4.69) is 10.5 Å². The Kier molecular flexibility index (Phi) is 3.53. The van der Waals surface area contributed by atoms with Gasteiger partial charge in [-0.25, -0.2) is 8.42 Å². The van der Waals surface area contributed by atoms with E-state index in [1.165, 1.54) is 10.6 Å². The highest BCUT2D eigenvalue weighted by Gasteiger charge is 2.36. The Morgan fingerprint density at radius 1 is 1.43 bits per heavy atom. The van der Waals surface area contributed by atoms with Crippen LogP contribution >= 0.6 is 0 Å². The number of amides is 1. The van der Waals surface area contributed by atoms with Crippen molar-refractivity contribution >= 4 is 15.9 Å². The third-order valence-electron chi connectivity index (χ3n) is 4.11. The van der Waals surface area contributed by atoms with Gasteiger partial charge in [0.25, 0.3) is 5.91 Å². The van der Waals surface area contributed by atoms with Crippen molar-refractivity contribution in [3.63, 3.8) is 0 Å². The standard InChI is InChI=1S/C13H19N3O4S/c1-8-6-16(21(2,18)19)7-11(8)14-13(17)10-5-12(20-15-10)9-3-4-9/h5,8-9,11H,3-4,6-7H2,1-2H3,(H,14,17)/t8-,11-/m1/s1. The van der Waals surface area contributed by atoms with Crippen LogP contribution in [0.3, 0.4) is 0 Å². The Morgan fingerprint density at radius 2 is 2.14 bits per heavy atom. The molecule has 0 radical (unpaired) electrons. The van der Waals surface area contributed by atoms with Gasteiger partial charge in [0.2, 0.25) is 10.0 Å². The lowest BCUT2D eigenvalue weighted by molar-refractivity contribution is 0.0923. The van der Waals surface area contributed by atoms with E-state index in [4.69, 9.17) is 4.52 Å². The van der Waals surface area contributed by atoms with Gasteiger partial charge in [-0.3, -0.25) is 4.79 Å². The molecule has 2 aliphatic rings. The van der Waals surface area contributed by atoms with Crippen molar-refractivity contribution < 1.29 is 17.7 Å². The lowest BCUT2D eigenvalue weighted by Crippen LogP contribution is -2.40. The lowest BCUT2D eigenvalue weighted by atomic mass is 10.1. The summed E-state index contributed by atoms with van der Waals surface area (Å²) in [5, 5.41) is 6.65. The van der Waals surface area contributed by atoms with E-state index >= 15 is 0 Å². The monoisotopic (exact) mass is 313 g/mol. The minimum atomic E-state index is -3.22. The number of hydrogen-bond donors (Lipinski definition) is 1. The van der Waals surface area contributed by atoms with Gasteiger partial charge in [-0.2, -0.15) is 4.31 Å². The van der Waals surface area contributed by atoms with Crippen LogP contribution in [0.5, 0.6) is 0 Å². The highest BCUT2D eigenvalue weighted by Crippen LogP contribution is 2.40. The van der Waals surface area contributed by atoms with Gasteiger partial charge >= 0.3 is 0 Å². The normalized spacial score (nSPS) is 27.0. The van der Waals surface area contributed by atoms with Crippen molar-refractivity contribution in [3.8, 4) is 0 Å². The second-order valence-electron chi connectivity index (χ2n) is 6.03. The molecular weight excluding hydrogens is 294 g/mol. The molecule has 21 heavy (non-hydrogen) atoms. The molecule has 1 aromatic rings. The third kappa shape index (κ3) is 3.11. The summed E-state index contributed by atoms with van der Waals surface area (Å²) < 4.78 is 29.7. The van der Waals surface area contributed by atoms with E-state index in [1.807, 2.05) is 6.92 Å². The molecule has 1 amide bonds. The number of rotatable bonds is 4. The molecule has 1 saturated heterocycles. The highest BCUT2D eigenvalue weighted by molar-refractivity contribution is 7.88. The van der Waals surface area contributed by atoms with Crippen LogP contribution in [0, 0.1) is 5.92 Å². The van der Waals surface area contributed by atoms with Crippen LogP contribution in [0.1, 0.15) is 41.9 Å². The maximum Gasteiger partial charge on any atom is 0.273 e. The number of carbonyl (C=O) groups is 1. The molecular formula is C13H19N3O4S. The molecule has 0 bridgehead atoms. The average Bonchev–Trinajstić information content (AvgIpc) is 3.00. The fraction of sp³-hybridized carbons (Fsp3) is 0.692. The summed E-state index contributed by atoms with van der Waals surface area (Å²) in [6.45, 7) is 2.66. The van der Waals surface area contributed by atoms with E-state index in [0.717, 1.165) is 18.6 Å². The molecule has 2 heterocycles. The molecule has 1 saturated carbocycles. The van der Waals surface area contributed by atoms with Crippen LogP contribution in [-0.2, 0) is 10.0 Å². The quantitative estimate of drug-likeness (QED) is 0.877. The predicted octanol–water partition coefficient (Wildman–Crippen LogP) is 0.562. The smallest absolute Gasteiger partial charge is 0.273 e. The molecule has 1 aliphatic heterocycles. The molecule has 2 atom stereocenters. The summed E-state index contributed by atoms with van der Waals surface area (Å²) in [6.07, 6.45) is 3.35. The molecule has 7 nitrogen and oxygen atoms in total. The van der Waals surface area contributed by atoms with Crippen LogP contribution in [0.2, 0.25) is 0 Å². The molecule has 116 valence electrons. The fourth-order valence-electron chi connectivity index (χ4n) is 2.58. The molecule has 0 aromatic carbocycles. The van der Waals surface area contributed by atoms with Gasteiger partial charge < -0.3 is 9.84 Å². The Labute approximate surface area is 123 Å². The average molecular weight is 313 g/mol. The molecule has 0 spiro atoms. The summed E-state index contributed by atoms with van der Waals surface area (Å²) >= 11 is 0. The Balaban J connectivity index is 1.64. The SMILES string of the molecule is C[C@@H]1CN(S(C)(=O)=O)C[C@H]1NC(=O)c1cc(C2CC2)on1. The summed E-state index contributed by atoms with van der Waals surface area (Å²) in [5.41, 5.74) is 0.266. The Bertz CT molecular complexity index is 650. The minimum absolute atomic E-state index is 0.0680. The molecule has 1 aliphatic carbocycles. The Hall–Kier alpha value is -1.41. The first-order valence-electron chi connectivity index (χ1n) is 7.07. The van der Waals surface area contributed by atoms with Gasteiger partial charge in [-0.1, -0.05) is 12.1 Å². The maximum absolute atomic E-state index is 12.2. The molecule has 2 fully saturated rings. The first-order valence-corrected chi connectivity index (χ1v) is 8.92. The van der Waals surface area contributed by atoms with Crippen LogP contribution in [-0.4, -0.2) is 49.2 Å². The number of aromatic nitrogens is 1. The topological polar surface area (TPSA) is 92.5 Å². The molecule has 1 aromatic heterocycles. The zero-order chi connectivity index (χ0) is 15.2. The first-order chi connectivity index (χ1) is 9.84. The van der Waals surface area contributed by atoms with Crippen LogP contribution in [0.15, 0.2) is 10.6 Å². The largest absolute Gasteiger partial charge is 0.360 e. The van der Waals surface area contributed by atoms with Gasteiger partial charge in [0, 0.05) is 31.1 Å². The van der Waals surface area contributed by atoms with Crippen molar-refractivity contribution in [3.05, 3.63) is 17.5 Å². The first kappa shape index (κ1) is 14.5. The third-order valence-corrected chi connectivity index (χ3v) is 5.34.